The van der Waals surface area contributed by atoms with Gasteiger partial charge in [0.25, 0.3) is 0 Å². The summed E-state index contributed by atoms with van der Waals surface area (Å²) in [5.41, 5.74) is 12.5. The molecule has 1 aliphatic rings. The van der Waals surface area contributed by atoms with Crippen molar-refractivity contribution >= 4 is 34.2 Å². The van der Waals surface area contributed by atoms with Gasteiger partial charge < -0.3 is 40.8 Å². The Balaban J connectivity index is 1.57. The highest BCUT2D eigenvalue weighted by Crippen LogP contribution is 2.27. The molecule has 1 unspecified atom stereocenters. The van der Waals surface area contributed by atoms with Gasteiger partial charge in [-0.25, -0.2) is 4.99 Å². The summed E-state index contributed by atoms with van der Waals surface area (Å²) in [4.78, 5) is 16.5. The molecule has 0 spiro atoms. The smallest absolute Gasteiger partial charge is 0.242 e. The van der Waals surface area contributed by atoms with Crippen LogP contribution < -0.4 is 16.8 Å². The van der Waals surface area contributed by atoms with E-state index in [2.05, 4.69) is 10.3 Å². The van der Waals surface area contributed by atoms with Crippen LogP contribution in [0, 0.1) is 0 Å². The molecule has 3 aromatic carbocycles. The number of aliphatic hydroxyl groups excluding tert-OH is 1. The number of benzene rings is 3. The van der Waals surface area contributed by atoms with E-state index in [0.717, 1.165) is 21.9 Å². The minimum Gasteiger partial charge on any atom is -0.388 e. The van der Waals surface area contributed by atoms with E-state index < -0.39 is 36.6 Å². The number of carbonyl (C=O) groups excluding carboxylic acids is 1. The first-order valence-corrected chi connectivity index (χ1v) is 12.8. The number of methoxy groups -OCH3 is 1. The third-order valence-corrected chi connectivity index (χ3v) is 6.57. The first-order chi connectivity index (χ1) is 18.8. The number of ether oxygens (including phenoxy) is 4. The van der Waals surface area contributed by atoms with Gasteiger partial charge in [0.2, 0.25) is 5.91 Å². The number of nitrogens with two attached hydrogens (primary N) is 2. The van der Waals surface area contributed by atoms with Crippen molar-refractivity contribution in [3.63, 3.8) is 0 Å². The van der Waals surface area contributed by atoms with Crippen molar-refractivity contribution in [1.82, 2.24) is 5.32 Å². The summed E-state index contributed by atoms with van der Waals surface area (Å²) in [6, 6.07) is 20.3. The Hall–Kier alpha value is -3.25. The van der Waals surface area contributed by atoms with E-state index in [1.165, 1.54) is 7.11 Å². The van der Waals surface area contributed by atoms with Gasteiger partial charge in [-0.2, -0.15) is 0 Å². The van der Waals surface area contributed by atoms with Crippen LogP contribution in [0.4, 0.5) is 0 Å². The summed E-state index contributed by atoms with van der Waals surface area (Å²) in [5.74, 6) is -0.710. The molecule has 0 aromatic heterocycles. The molecule has 11 heteroatoms. The SMILES string of the molecule is COC[C@H]1OC(OCc2ccc(Cl)cc2)[C@H](NC(=O)CN=C(N)N)[C@@H](OCc2ccc3ccccc3c2)[C@@H]1O. The number of hydrogen-bond donors (Lipinski definition) is 4. The lowest BCUT2D eigenvalue weighted by atomic mass is 9.96. The van der Waals surface area contributed by atoms with Crippen LogP contribution >= 0.6 is 11.6 Å². The monoisotopic (exact) mass is 556 g/mol. The molecule has 1 saturated heterocycles. The largest absolute Gasteiger partial charge is 0.388 e. The Morgan fingerprint density at radius 2 is 1.72 bits per heavy atom. The highest BCUT2D eigenvalue weighted by molar-refractivity contribution is 6.30. The zero-order valence-corrected chi connectivity index (χ0v) is 22.3. The quantitative estimate of drug-likeness (QED) is 0.207. The van der Waals surface area contributed by atoms with Gasteiger partial charge in [0, 0.05) is 12.1 Å². The molecule has 1 heterocycles. The second-order valence-electron chi connectivity index (χ2n) is 9.22. The van der Waals surface area contributed by atoms with Crippen LogP contribution in [0.25, 0.3) is 10.8 Å². The Labute approximate surface area is 231 Å². The normalized spacial score (nSPS) is 22.9. The summed E-state index contributed by atoms with van der Waals surface area (Å²) in [6.07, 6.45) is -3.77. The number of amides is 1. The van der Waals surface area contributed by atoms with Crippen LogP contribution in [0.2, 0.25) is 5.02 Å². The number of carbonyl (C=O) groups is 1. The van der Waals surface area contributed by atoms with Crippen molar-refractivity contribution in [1.29, 1.82) is 0 Å². The molecule has 39 heavy (non-hydrogen) atoms. The van der Waals surface area contributed by atoms with Crippen LogP contribution in [-0.2, 0) is 37.0 Å². The molecule has 6 N–H and O–H groups in total. The lowest BCUT2D eigenvalue weighted by Crippen LogP contribution is -2.65. The van der Waals surface area contributed by atoms with Crippen molar-refractivity contribution in [2.24, 2.45) is 16.5 Å². The van der Waals surface area contributed by atoms with Gasteiger partial charge in [0.05, 0.1) is 19.8 Å². The molecule has 1 aliphatic heterocycles. The van der Waals surface area contributed by atoms with E-state index in [4.69, 9.17) is 42.0 Å². The number of aliphatic imine (C=N–C) groups is 1. The van der Waals surface area contributed by atoms with Crippen LogP contribution in [0.15, 0.2) is 71.7 Å². The molecule has 10 nitrogen and oxygen atoms in total. The van der Waals surface area contributed by atoms with E-state index in [0.29, 0.717) is 5.02 Å². The Morgan fingerprint density at radius 1 is 1.03 bits per heavy atom. The maximum atomic E-state index is 12.7. The van der Waals surface area contributed by atoms with Gasteiger partial charge in [0.15, 0.2) is 12.2 Å². The topological polar surface area (TPSA) is 151 Å². The highest BCUT2D eigenvalue weighted by atomic mass is 35.5. The second-order valence-corrected chi connectivity index (χ2v) is 9.65. The zero-order valence-electron chi connectivity index (χ0n) is 21.5. The first kappa shape index (κ1) is 28.8. The first-order valence-electron chi connectivity index (χ1n) is 12.5. The minimum atomic E-state index is -1.13. The fourth-order valence-corrected chi connectivity index (χ4v) is 4.51. The van der Waals surface area contributed by atoms with Gasteiger partial charge in [-0.3, -0.25) is 4.79 Å². The number of nitrogens with zero attached hydrogens (tertiary/aromatic N) is 1. The summed E-state index contributed by atoms with van der Waals surface area (Å²) < 4.78 is 23.7. The number of fused-ring (bicyclic) bond motifs is 1. The maximum absolute atomic E-state index is 12.7. The third-order valence-electron chi connectivity index (χ3n) is 6.32. The fraction of sp³-hybridized carbons (Fsp3) is 0.357. The molecule has 4 rings (SSSR count). The summed E-state index contributed by atoms with van der Waals surface area (Å²) in [6.45, 7) is 0.121. The van der Waals surface area contributed by atoms with Gasteiger partial charge >= 0.3 is 0 Å². The van der Waals surface area contributed by atoms with Crippen LogP contribution in [0.5, 0.6) is 0 Å². The second kappa shape index (κ2) is 13.7. The van der Waals surface area contributed by atoms with Crippen LogP contribution in [-0.4, -0.2) is 67.9 Å². The summed E-state index contributed by atoms with van der Waals surface area (Å²) in [7, 11) is 1.51. The van der Waals surface area contributed by atoms with Crippen molar-refractivity contribution in [2.45, 2.75) is 43.9 Å². The van der Waals surface area contributed by atoms with Crippen LogP contribution in [0.1, 0.15) is 11.1 Å². The molecule has 0 aliphatic carbocycles. The molecule has 0 bridgehead atoms. The van der Waals surface area contributed by atoms with Gasteiger partial charge in [-0.05, 0) is 40.1 Å². The van der Waals surface area contributed by atoms with Crippen molar-refractivity contribution < 1.29 is 28.8 Å². The summed E-state index contributed by atoms with van der Waals surface area (Å²) >= 11 is 6.00. The van der Waals surface area contributed by atoms with E-state index in [1.807, 2.05) is 54.6 Å². The number of hydrogen-bond acceptors (Lipinski definition) is 7. The van der Waals surface area contributed by atoms with E-state index in [1.54, 1.807) is 12.1 Å². The lowest BCUT2D eigenvalue weighted by molar-refractivity contribution is -0.282. The molecule has 208 valence electrons. The Kier molecular flexibility index (Phi) is 10.1. The van der Waals surface area contributed by atoms with E-state index in [9.17, 15) is 9.90 Å². The maximum Gasteiger partial charge on any atom is 0.242 e. The minimum absolute atomic E-state index is 0.0898. The van der Waals surface area contributed by atoms with Gasteiger partial charge in [-0.1, -0.05) is 60.1 Å². The molecule has 0 radical (unpaired) electrons. The molecule has 0 saturated carbocycles. The number of aliphatic hydroxyl groups is 1. The standard InChI is InChI=1S/C28H33ClN4O6/c1-36-16-22-25(35)26(37-15-18-6-9-19-4-2-3-5-20(19)12-18)24(33-23(34)13-32-28(30)31)27(39-22)38-14-17-7-10-21(29)11-8-17/h2-12,22,24-27,35H,13-16H2,1H3,(H,33,34)(H4,30,31,32)/t22-,24-,25-,26-,27?/m1/s1. The Bertz CT molecular complexity index is 1270. The number of guanidine groups is 1. The number of halogens is 1. The molecule has 3 aromatic rings. The predicted octanol–water partition coefficient (Wildman–Crippen LogP) is 2.09. The summed E-state index contributed by atoms with van der Waals surface area (Å²) in [5, 5.41) is 16.8. The lowest BCUT2D eigenvalue weighted by Gasteiger charge is -2.44. The molecular formula is C28H33ClN4O6. The third kappa shape index (κ3) is 7.89. The number of rotatable bonds is 11. The average Bonchev–Trinajstić information content (AvgIpc) is 2.93. The molecule has 1 amide bonds. The highest BCUT2D eigenvalue weighted by Gasteiger charge is 2.47. The van der Waals surface area contributed by atoms with Crippen molar-refractivity contribution in [3.8, 4) is 0 Å². The predicted molar refractivity (Wildman–Crippen MR) is 148 cm³/mol. The number of nitrogens with one attached hydrogen (secondary N) is 1. The van der Waals surface area contributed by atoms with Crippen molar-refractivity contribution in [2.75, 3.05) is 20.3 Å². The Morgan fingerprint density at radius 3 is 2.44 bits per heavy atom. The molecular weight excluding hydrogens is 524 g/mol. The van der Waals surface area contributed by atoms with Gasteiger partial charge in [0.1, 0.15) is 30.9 Å². The zero-order chi connectivity index (χ0) is 27.8. The fourth-order valence-electron chi connectivity index (χ4n) is 4.39. The van der Waals surface area contributed by atoms with Crippen molar-refractivity contribution in [3.05, 3.63) is 82.9 Å². The van der Waals surface area contributed by atoms with E-state index in [-0.39, 0.29) is 32.3 Å². The average molecular weight is 557 g/mol. The molecule has 5 atom stereocenters. The van der Waals surface area contributed by atoms with E-state index >= 15 is 0 Å². The molecule has 1 fully saturated rings. The van der Waals surface area contributed by atoms with Crippen LogP contribution in [0.3, 0.4) is 0 Å². The van der Waals surface area contributed by atoms with Gasteiger partial charge in [-0.15, -0.1) is 0 Å².